The van der Waals surface area contributed by atoms with Crippen molar-refractivity contribution in [3.05, 3.63) is 60.1 Å². The molecule has 0 aliphatic rings. The molecule has 1 N–H and O–H groups in total. The molecule has 0 saturated carbocycles. The van der Waals surface area contributed by atoms with Crippen molar-refractivity contribution >= 4 is 5.95 Å². The lowest BCUT2D eigenvalue weighted by atomic mass is 10.2. The molecule has 25 heavy (non-hydrogen) atoms. The van der Waals surface area contributed by atoms with E-state index in [0.29, 0.717) is 5.69 Å². The van der Waals surface area contributed by atoms with Crippen molar-refractivity contribution < 1.29 is 13.2 Å². The van der Waals surface area contributed by atoms with Crippen LogP contribution in [0.2, 0.25) is 0 Å². The molecular weight excluding hydrogens is 333 g/mol. The first-order chi connectivity index (χ1) is 11.9. The molecule has 3 heterocycles. The van der Waals surface area contributed by atoms with Crippen molar-refractivity contribution in [3.8, 4) is 11.3 Å². The van der Waals surface area contributed by atoms with E-state index < -0.39 is 11.9 Å². The Labute approximate surface area is 141 Å². The number of halogens is 3. The minimum Gasteiger partial charge on any atom is -0.347 e. The van der Waals surface area contributed by atoms with Crippen LogP contribution in [0.15, 0.2) is 42.9 Å². The number of aryl methyl sites for hydroxylation is 1. The highest BCUT2D eigenvalue weighted by atomic mass is 19.4. The fraction of sp³-hybridized carbons (Fsp3) is 0.188. The number of nitrogens with one attached hydrogen (secondary N) is 1. The van der Waals surface area contributed by atoms with E-state index in [1.54, 1.807) is 30.7 Å². The number of rotatable bonds is 4. The lowest BCUT2D eigenvalue weighted by Gasteiger charge is -2.10. The first-order valence-corrected chi connectivity index (χ1v) is 7.31. The minimum atomic E-state index is -4.51. The van der Waals surface area contributed by atoms with Crippen molar-refractivity contribution in [1.29, 1.82) is 0 Å². The van der Waals surface area contributed by atoms with Gasteiger partial charge in [-0.15, -0.1) is 0 Å². The van der Waals surface area contributed by atoms with Crippen molar-refractivity contribution in [2.45, 2.75) is 19.6 Å². The zero-order valence-electron chi connectivity index (χ0n) is 13.1. The molecule has 0 aromatic carbocycles. The summed E-state index contributed by atoms with van der Waals surface area (Å²) in [6.07, 6.45) is 0.345. The lowest BCUT2D eigenvalue weighted by molar-refractivity contribution is -0.141. The van der Waals surface area contributed by atoms with Gasteiger partial charge >= 0.3 is 6.18 Å². The molecule has 0 fully saturated rings. The zero-order chi connectivity index (χ0) is 17.9. The summed E-state index contributed by atoms with van der Waals surface area (Å²) in [5.74, 6) is 0.280. The Bertz CT molecular complexity index is 867. The van der Waals surface area contributed by atoms with Crippen LogP contribution in [-0.2, 0) is 12.7 Å². The summed E-state index contributed by atoms with van der Waals surface area (Å²) in [4.78, 5) is 19.9. The number of anilines is 1. The van der Waals surface area contributed by atoms with Crippen LogP contribution in [-0.4, -0.2) is 24.9 Å². The van der Waals surface area contributed by atoms with Crippen LogP contribution >= 0.6 is 0 Å². The van der Waals surface area contributed by atoms with Gasteiger partial charge in [0.15, 0.2) is 0 Å². The first-order valence-electron chi connectivity index (χ1n) is 7.31. The molecule has 9 heteroatoms. The van der Waals surface area contributed by atoms with Crippen LogP contribution in [0.3, 0.4) is 0 Å². The molecule has 0 saturated heterocycles. The molecule has 0 spiro atoms. The van der Waals surface area contributed by atoms with Gasteiger partial charge < -0.3 is 5.32 Å². The average Bonchev–Trinajstić information content (AvgIpc) is 2.60. The minimum absolute atomic E-state index is 0.0164. The lowest BCUT2D eigenvalue weighted by Crippen LogP contribution is -2.14. The second-order valence-corrected chi connectivity index (χ2v) is 5.17. The molecule has 0 atom stereocenters. The normalized spacial score (nSPS) is 11.4. The Morgan fingerprint density at radius 3 is 2.64 bits per heavy atom. The standard InChI is InChI=1S/C16H13F3N6/c1-10-7-13(16(17,18)19)25-14(23-10)9-22-15-21-6-4-12(24-15)11-3-2-5-20-8-11/h2-8H,9H2,1H3,(H,21,22,24). The highest BCUT2D eigenvalue weighted by molar-refractivity contribution is 5.58. The molecule has 3 aromatic heterocycles. The molecule has 128 valence electrons. The topological polar surface area (TPSA) is 76.5 Å². The van der Waals surface area contributed by atoms with Crippen LogP contribution in [0.4, 0.5) is 19.1 Å². The highest BCUT2D eigenvalue weighted by Crippen LogP contribution is 2.27. The maximum atomic E-state index is 12.8. The number of nitrogens with zero attached hydrogens (tertiary/aromatic N) is 5. The Balaban J connectivity index is 1.77. The third-order valence-electron chi connectivity index (χ3n) is 3.21. The molecule has 3 rings (SSSR count). The Hall–Kier alpha value is -3.10. The predicted molar refractivity (Wildman–Crippen MR) is 84.4 cm³/mol. The fourth-order valence-electron chi connectivity index (χ4n) is 2.13. The third kappa shape index (κ3) is 4.25. The second kappa shape index (κ2) is 6.80. The largest absolute Gasteiger partial charge is 0.433 e. The van der Waals surface area contributed by atoms with Gasteiger partial charge in [0.2, 0.25) is 5.95 Å². The van der Waals surface area contributed by atoms with Gasteiger partial charge in [0.25, 0.3) is 0 Å². The summed E-state index contributed by atoms with van der Waals surface area (Å²) in [5, 5.41) is 2.84. The first kappa shape index (κ1) is 16.7. The van der Waals surface area contributed by atoms with Gasteiger partial charge in [-0.05, 0) is 31.2 Å². The number of hydrogen-bond donors (Lipinski definition) is 1. The summed E-state index contributed by atoms with van der Waals surface area (Å²) in [5.41, 5.74) is 0.719. The average molecular weight is 346 g/mol. The maximum Gasteiger partial charge on any atom is 0.433 e. The molecule has 0 amide bonds. The zero-order valence-corrected chi connectivity index (χ0v) is 13.1. The Kier molecular flexibility index (Phi) is 4.55. The predicted octanol–water partition coefficient (Wildman–Crippen LogP) is 3.27. The van der Waals surface area contributed by atoms with E-state index in [9.17, 15) is 13.2 Å². The van der Waals surface area contributed by atoms with Crippen molar-refractivity contribution in [3.63, 3.8) is 0 Å². The van der Waals surface area contributed by atoms with Crippen LogP contribution in [0, 0.1) is 6.92 Å². The molecule has 0 aliphatic carbocycles. The summed E-state index contributed by atoms with van der Waals surface area (Å²) in [6.45, 7) is 1.46. The number of aromatic nitrogens is 5. The number of pyridine rings is 1. The number of alkyl halides is 3. The molecule has 0 bridgehead atoms. The van der Waals surface area contributed by atoms with Crippen LogP contribution < -0.4 is 5.32 Å². The summed E-state index contributed by atoms with van der Waals surface area (Å²) in [7, 11) is 0. The van der Waals surface area contributed by atoms with E-state index in [4.69, 9.17) is 0 Å². The van der Waals surface area contributed by atoms with Crippen LogP contribution in [0.5, 0.6) is 0 Å². The van der Waals surface area contributed by atoms with Crippen molar-refractivity contribution in [2.75, 3.05) is 5.32 Å². The summed E-state index contributed by atoms with van der Waals surface area (Å²) in [6, 6.07) is 6.25. The van der Waals surface area contributed by atoms with Crippen LogP contribution in [0.1, 0.15) is 17.2 Å². The molecule has 0 radical (unpaired) electrons. The van der Waals surface area contributed by atoms with Crippen LogP contribution in [0.25, 0.3) is 11.3 Å². The maximum absolute atomic E-state index is 12.8. The highest BCUT2D eigenvalue weighted by Gasteiger charge is 2.33. The van der Waals surface area contributed by atoms with Crippen molar-refractivity contribution in [1.82, 2.24) is 24.9 Å². The van der Waals surface area contributed by atoms with E-state index >= 15 is 0 Å². The summed E-state index contributed by atoms with van der Waals surface area (Å²) < 4.78 is 38.4. The number of hydrogen-bond acceptors (Lipinski definition) is 6. The quantitative estimate of drug-likeness (QED) is 0.781. The van der Waals surface area contributed by atoms with Crippen molar-refractivity contribution in [2.24, 2.45) is 0 Å². The van der Waals surface area contributed by atoms with Gasteiger partial charge in [0, 0.05) is 29.8 Å². The molecule has 6 nitrogen and oxygen atoms in total. The smallest absolute Gasteiger partial charge is 0.347 e. The molecule has 3 aromatic rings. The van der Waals surface area contributed by atoms with Gasteiger partial charge in [-0.2, -0.15) is 13.2 Å². The molecular formula is C16H13F3N6. The van der Waals surface area contributed by atoms with E-state index in [1.807, 2.05) is 6.07 Å². The van der Waals surface area contributed by atoms with Gasteiger partial charge in [0.05, 0.1) is 12.2 Å². The van der Waals surface area contributed by atoms with Gasteiger partial charge in [-0.1, -0.05) is 0 Å². The van der Waals surface area contributed by atoms with E-state index in [0.717, 1.165) is 11.6 Å². The summed E-state index contributed by atoms with van der Waals surface area (Å²) >= 11 is 0. The fourth-order valence-corrected chi connectivity index (χ4v) is 2.13. The SMILES string of the molecule is Cc1cc(C(F)(F)F)nc(CNc2nccc(-c3cccnc3)n2)n1. The van der Waals surface area contributed by atoms with E-state index in [1.165, 1.54) is 6.92 Å². The van der Waals surface area contributed by atoms with E-state index in [2.05, 4.69) is 30.2 Å². The molecule has 0 aliphatic heterocycles. The Morgan fingerprint density at radius 1 is 1.08 bits per heavy atom. The van der Waals surface area contributed by atoms with Gasteiger partial charge in [-0.3, -0.25) is 4.98 Å². The Morgan fingerprint density at radius 2 is 1.92 bits per heavy atom. The second-order valence-electron chi connectivity index (χ2n) is 5.17. The van der Waals surface area contributed by atoms with Gasteiger partial charge in [-0.25, -0.2) is 19.9 Å². The monoisotopic (exact) mass is 346 g/mol. The van der Waals surface area contributed by atoms with Gasteiger partial charge in [0.1, 0.15) is 11.5 Å². The van der Waals surface area contributed by atoms with E-state index in [-0.39, 0.29) is 24.0 Å². The molecule has 0 unspecified atom stereocenters. The third-order valence-corrected chi connectivity index (χ3v) is 3.21.